The van der Waals surface area contributed by atoms with E-state index in [1.807, 2.05) is 6.92 Å². The summed E-state index contributed by atoms with van der Waals surface area (Å²) in [5.41, 5.74) is 4.87. The van der Waals surface area contributed by atoms with Crippen LogP contribution in [-0.4, -0.2) is 32.7 Å². The number of hydrogen-bond donors (Lipinski definition) is 2. The fraction of sp³-hybridized carbons (Fsp3) is 0.714. The van der Waals surface area contributed by atoms with Crippen LogP contribution in [0.2, 0.25) is 0 Å². The number of nitrogens with zero attached hydrogens (tertiary/aromatic N) is 1. The molecule has 0 spiro atoms. The van der Waals surface area contributed by atoms with E-state index in [9.17, 15) is 13.2 Å². The van der Waals surface area contributed by atoms with E-state index in [1.165, 1.54) is 13.3 Å². The van der Waals surface area contributed by atoms with Gasteiger partial charge in [-0.1, -0.05) is 13.0 Å². The third kappa shape index (κ3) is 4.72. The third-order valence-corrected chi connectivity index (χ3v) is 5.66. The zero-order chi connectivity index (χ0) is 17.0. The van der Waals surface area contributed by atoms with Gasteiger partial charge in [-0.25, -0.2) is 13.4 Å². The number of sulfonamides is 1. The van der Waals surface area contributed by atoms with E-state index in [2.05, 4.69) is 9.71 Å². The fourth-order valence-corrected chi connectivity index (χ4v) is 3.43. The monoisotopic (exact) mass is 331 g/mol. The average molecular weight is 331 g/mol. The van der Waals surface area contributed by atoms with Crippen molar-refractivity contribution < 1.29 is 17.9 Å². The Labute approximate surface area is 132 Å². The zero-order valence-corrected chi connectivity index (χ0v) is 14.3. The number of nitrogens with two attached hydrogens (primary N) is 1. The normalized spacial score (nSPS) is 18.3. The maximum absolute atomic E-state index is 11.8. The minimum Gasteiger partial charge on any atom is -0.469 e. The van der Waals surface area contributed by atoms with Gasteiger partial charge in [-0.3, -0.25) is 9.52 Å². The van der Waals surface area contributed by atoms with Crippen LogP contribution >= 0.6 is 0 Å². The second kappa shape index (κ2) is 7.13. The second-order valence-electron chi connectivity index (χ2n) is 5.93. The molecule has 22 heavy (non-hydrogen) atoms. The van der Waals surface area contributed by atoms with E-state index in [0.29, 0.717) is 19.3 Å². The Morgan fingerprint density at radius 3 is 2.55 bits per heavy atom. The van der Waals surface area contributed by atoms with Crippen LogP contribution in [0.15, 0.2) is 17.3 Å². The standard InChI is InChI=1S/C14H25N3O4S/c1-5-10(14(2,3)12(18)21-4)8-9-16-13(15)17-22(19,20)11-6-7-11/h8-11H,5-7H2,1-4H3,(H3,15,16,17)/b9-8-. The van der Waals surface area contributed by atoms with Crippen LogP contribution in [0.5, 0.6) is 0 Å². The molecule has 1 rings (SSSR count). The van der Waals surface area contributed by atoms with Gasteiger partial charge in [-0.15, -0.1) is 0 Å². The van der Waals surface area contributed by atoms with Gasteiger partial charge in [0.05, 0.1) is 17.8 Å². The highest BCUT2D eigenvalue weighted by molar-refractivity contribution is 7.90. The predicted molar refractivity (Wildman–Crippen MR) is 85.4 cm³/mol. The largest absolute Gasteiger partial charge is 0.469 e. The van der Waals surface area contributed by atoms with Crippen molar-refractivity contribution in [1.82, 2.24) is 4.72 Å². The zero-order valence-electron chi connectivity index (χ0n) is 13.5. The van der Waals surface area contributed by atoms with Crippen molar-refractivity contribution in [2.24, 2.45) is 22.1 Å². The number of aliphatic imine (C=N–C) groups is 1. The van der Waals surface area contributed by atoms with Gasteiger partial charge in [0.15, 0.2) is 0 Å². The van der Waals surface area contributed by atoms with Gasteiger partial charge >= 0.3 is 5.97 Å². The summed E-state index contributed by atoms with van der Waals surface area (Å²) in [6, 6.07) is 0. The minimum absolute atomic E-state index is 0.100. The van der Waals surface area contributed by atoms with E-state index < -0.39 is 15.4 Å². The van der Waals surface area contributed by atoms with Crippen molar-refractivity contribution in [2.75, 3.05) is 7.11 Å². The first-order chi connectivity index (χ1) is 10.1. The highest BCUT2D eigenvalue weighted by atomic mass is 32.2. The van der Waals surface area contributed by atoms with Crippen molar-refractivity contribution in [1.29, 1.82) is 0 Å². The van der Waals surface area contributed by atoms with Crippen LogP contribution in [0.3, 0.4) is 0 Å². The Hall–Kier alpha value is -1.57. The van der Waals surface area contributed by atoms with Crippen LogP contribution in [0, 0.1) is 11.3 Å². The molecule has 0 aromatic rings. The van der Waals surface area contributed by atoms with Gasteiger partial charge < -0.3 is 10.5 Å². The minimum atomic E-state index is -3.40. The van der Waals surface area contributed by atoms with E-state index >= 15 is 0 Å². The number of allylic oxidation sites excluding steroid dienone is 1. The molecule has 1 atom stereocenters. The molecule has 1 saturated carbocycles. The van der Waals surface area contributed by atoms with Crippen LogP contribution in [0.4, 0.5) is 0 Å². The fourth-order valence-electron chi connectivity index (χ4n) is 2.16. The molecule has 0 bridgehead atoms. The molecule has 7 nitrogen and oxygen atoms in total. The Kier molecular flexibility index (Phi) is 5.99. The van der Waals surface area contributed by atoms with Crippen LogP contribution in [0.1, 0.15) is 40.0 Å². The topological polar surface area (TPSA) is 111 Å². The van der Waals surface area contributed by atoms with E-state index in [1.54, 1.807) is 19.9 Å². The molecule has 1 unspecified atom stereocenters. The first-order valence-corrected chi connectivity index (χ1v) is 8.79. The van der Waals surface area contributed by atoms with E-state index in [4.69, 9.17) is 10.5 Å². The lowest BCUT2D eigenvalue weighted by molar-refractivity contribution is -0.153. The molecular formula is C14H25N3O4S. The molecule has 0 aromatic heterocycles. The van der Waals surface area contributed by atoms with Crippen molar-refractivity contribution in [2.45, 2.75) is 45.3 Å². The summed E-state index contributed by atoms with van der Waals surface area (Å²) in [5, 5.41) is -0.355. The number of nitrogens with one attached hydrogen (secondary N) is 1. The molecule has 1 aliphatic carbocycles. The molecule has 0 aliphatic heterocycles. The molecule has 1 fully saturated rings. The molecule has 0 saturated heterocycles. The number of methoxy groups -OCH3 is 1. The summed E-state index contributed by atoms with van der Waals surface area (Å²) in [4.78, 5) is 15.7. The van der Waals surface area contributed by atoms with Gasteiger partial charge in [-0.05, 0) is 39.0 Å². The number of ether oxygens (including phenoxy) is 1. The Morgan fingerprint density at radius 2 is 2.09 bits per heavy atom. The molecule has 0 amide bonds. The molecule has 126 valence electrons. The lowest BCUT2D eigenvalue weighted by atomic mass is 9.77. The summed E-state index contributed by atoms with van der Waals surface area (Å²) < 4.78 is 30.4. The van der Waals surface area contributed by atoms with E-state index in [-0.39, 0.29) is 23.1 Å². The number of guanidine groups is 1. The number of esters is 1. The van der Waals surface area contributed by atoms with Crippen LogP contribution in [0.25, 0.3) is 0 Å². The highest BCUT2D eigenvalue weighted by Gasteiger charge is 2.36. The molecule has 3 N–H and O–H groups in total. The lowest BCUT2D eigenvalue weighted by Gasteiger charge is -2.28. The van der Waals surface area contributed by atoms with Gasteiger partial charge in [0, 0.05) is 6.20 Å². The molecule has 0 aromatic carbocycles. The predicted octanol–water partition coefficient (Wildman–Crippen LogP) is 1.12. The number of rotatable bonds is 7. The number of carbonyl (C=O) groups excluding carboxylic acids is 1. The molecule has 8 heteroatoms. The van der Waals surface area contributed by atoms with Gasteiger partial charge in [0.1, 0.15) is 0 Å². The SMILES string of the molecule is CCC(/C=C\N=C(/N)NS(=O)(=O)C1CC1)C(C)(C)C(=O)OC. The van der Waals surface area contributed by atoms with Gasteiger partial charge in [0.25, 0.3) is 0 Å². The summed E-state index contributed by atoms with van der Waals surface area (Å²) in [7, 11) is -2.05. The first kappa shape index (κ1) is 18.5. The molecule has 1 aliphatic rings. The smallest absolute Gasteiger partial charge is 0.311 e. The van der Waals surface area contributed by atoms with Crippen LogP contribution < -0.4 is 10.5 Å². The Morgan fingerprint density at radius 1 is 1.50 bits per heavy atom. The summed E-state index contributed by atoms with van der Waals surface area (Å²) in [6.45, 7) is 5.53. The quantitative estimate of drug-likeness (QED) is 0.412. The average Bonchev–Trinajstić information content (AvgIpc) is 3.26. The van der Waals surface area contributed by atoms with Crippen molar-refractivity contribution in [3.8, 4) is 0 Å². The first-order valence-electron chi connectivity index (χ1n) is 7.25. The van der Waals surface area contributed by atoms with E-state index in [0.717, 1.165) is 0 Å². The number of hydrogen-bond acceptors (Lipinski definition) is 5. The van der Waals surface area contributed by atoms with Crippen molar-refractivity contribution >= 4 is 22.0 Å². The van der Waals surface area contributed by atoms with Crippen molar-refractivity contribution in [3.63, 3.8) is 0 Å². The molecular weight excluding hydrogens is 306 g/mol. The Balaban J connectivity index is 2.72. The van der Waals surface area contributed by atoms with Crippen LogP contribution in [-0.2, 0) is 19.6 Å². The maximum atomic E-state index is 11.8. The summed E-state index contributed by atoms with van der Waals surface area (Å²) in [5.74, 6) is -0.583. The highest BCUT2D eigenvalue weighted by Crippen LogP contribution is 2.32. The molecule has 0 heterocycles. The van der Waals surface area contributed by atoms with Crippen molar-refractivity contribution in [3.05, 3.63) is 12.3 Å². The number of carbonyl (C=O) groups is 1. The second-order valence-corrected chi connectivity index (χ2v) is 7.89. The third-order valence-electron chi connectivity index (χ3n) is 3.82. The molecule has 0 radical (unpaired) electrons. The summed E-state index contributed by atoms with van der Waals surface area (Å²) >= 11 is 0. The van der Waals surface area contributed by atoms with Gasteiger partial charge in [-0.2, -0.15) is 0 Å². The van der Waals surface area contributed by atoms with Gasteiger partial charge in [0.2, 0.25) is 16.0 Å². The summed E-state index contributed by atoms with van der Waals surface area (Å²) in [6.07, 6.45) is 5.17. The Bertz CT molecular complexity index is 563. The lowest BCUT2D eigenvalue weighted by Crippen LogP contribution is -2.38. The maximum Gasteiger partial charge on any atom is 0.311 e.